The van der Waals surface area contributed by atoms with Crippen LogP contribution in [0.3, 0.4) is 0 Å². The molecule has 0 unspecified atom stereocenters. The molecule has 0 aromatic heterocycles. The second-order valence-corrected chi connectivity index (χ2v) is 5.48. The molecule has 2 aliphatic heterocycles. The summed E-state index contributed by atoms with van der Waals surface area (Å²) in [6.07, 6.45) is 0.543. The van der Waals surface area contributed by atoms with Crippen molar-refractivity contribution in [1.29, 1.82) is 0 Å². The van der Waals surface area contributed by atoms with E-state index >= 15 is 0 Å². The summed E-state index contributed by atoms with van der Waals surface area (Å²) in [6, 6.07) is 12.4. The molecule has 6 nitrogen and oxygen atoms in total. The van der Waals surface area contributed by atoms with Crippen molar-refractivity contribution in [2.75, 3.05) is 11.7 Å². The van der Waals surface area contributed by atoms with Crippen LogP contribution in [0.1, 0.15) is 17.5 Å². The monoisotopic (exact) mass is 323 g/mol. The third-order valence-electron chi connectivity index (χ3n) is 4.03. The number of ether oxygens (including phenoxy) is 2. The topological polar surface area (TPSA) is 76.1 Å². The molecule has 2 amide bonds. The molecule has 4 rings (SSSR count). The summed E-state index contributed by atoms with van der Waals surface area (Å²) in [5.41, 5.74) is 2.58. The number of para-hydroxylation sites is 1. The van der Waals surface area contributed by atoms with Gasteiger partial charge in [0.25, 0.3) is 0 Å². The van der Waals surface area contributed by atoms with Crippen LogP contribution in [0.5, 0.6) is 11.5 Å². The number of anilines is 1. The summed E-state index contributed by atoms with van der Waals surface area (Å²) < 4.78 is 10.7. The zero-order valence-electron chi connectivity index (χ0n) is 12.6. The van der Waals surface area contributed by atoms with E-state index in [1.807, 2.05) is 18.2 Å². The van der Waals surface area contributed by atoms with E-state index in [9.17, 15) is 14.7 Å². The minimum Gasteiger partial charge on any atom is -0.464 e. The number of fused-ring (bicyclic) bond motifs is 2. The fourth-order valence-corrected chi connectivity index (χ4v) is 2.92. The van der Waals surface area contributed by atoms with Crippen molar-refractivity contribution >= 4 is 29.3 Å². The van der Waals surface area contributed by atoms with Crippen molar-refractivity contribution in [2.45, 2.75) is 6.42 Å². The van der Waals surface area contributed by atoms with Crippen LogP contribution in [0.2, 0.25) is 0 Å². The van der Waals surface area contributed by atoms with E-state index in [2.05, 4.69) is 0 Å². The Morgan fingerprint density at radius 2 is 1.88 bits per heavy atom. The summed E-state index contributed by atoms with van der Waals surface area (Å²) in [6.45, 7) is 0.173. The lowest BCUT2D eigenvalue weighted by atomic mass is 10.00. The van der Waals surface area contributed by atoms with E-state index in [0.717, 1.165) is 16.0 Å². The van der Waals surface area contributed by atoms with E-state index in [-0.39, 0.29) is 13.2 Å². The first kappa shape index (κ1) is 14.3. The molecule has 2 aliphatic rings. The predicted molar refractivity (Wildman–Crippen MR) is 87.0 cm³/mol. The van der Waals surface area contributed by atoms with Gasteiger partial charge >= 0.3 is 6.09 Å². The SMILES string of the molecule is O=C(O)N1C(=O)CC(c2ccc3c(c2)OCO3)=Cc2ccccc21. The van der Waals surface area contributed by atoms with Gasteiger partial charge in [0.1, 0.15) is 0 Å². The number of carbonyl (C=O) groups is 2. The number of hydrogen-bond acceptors (Lipinski definition) is 4. The Morgan fingerprint density at radius 3 is 2.71 bits per heavy atom. The summed E-state index contributed by atoms with van der Waals surface area (Å²) >= 11 is 0. The minimum absolute atomic E-state index is 0.0133. The molecule has 2 heterocycles. The number of hydrogen-bond donors (Lipinski definition) is 1. The van der Waals surface area contributed by atoms with Gasteiger partial charge in [0, 0.05) is 0 Å². The highest BCUT2D eigenvalue weighted by atomic mass is 16.7. The normalized spacial score (nSPS) is 15.6. The highest BCUT2D eigenvalue weighted by Crippen LogP contribution is 2.38. The first-order valence-corrected chi connectivity index (χ1v) is 7.39. The van der Waals surface area contributed by atoms with Gasteiger partial charge in [-0.05, 0) is 41.0 Å². The molecule has 120 valence electrons. The standard InChI is InChI=1S/C18H13NO5/c20-17-9-13(11-5-6-15-16(8-11)24-10-23-15)7-12-3-1-2-4-14(12)19(17)18(21)22/h1-8H,9-10H2,(H,21,22). The van der Waals surface area contributed by atoms with Gasteiger partial charge in [-0.15, -0.1) is 0 Å². The van der Waals surface area contributed by atoms with E-state index in [4.69, 9.17) is 9.47 Å². The van der Waals surface area contributed by atoms with Crippen LogP contribution in [0, 0.1) is 0 Å². The molecule has 0 fully saturated rings. The number of rotatable bonds is 1. The highest BCUT2D eigenvalue weighted by Gasteiger charge is 2.28. The third kappa shape index (κ3) is 2.28. The zero-order chi connectivity index (χ0) is 16.7. The molecule has 24 heavy (non-hydrogen) atoms. The van der Waals surface area contributed by atoms with E-state index < -0.39 is 12.0 Å². The van der Waals surface area contributed by atoms with Crippen LogP contribution >= 0.6 is 0 Å². The lowest BCUT2D eigenvalue weighted by molar-refractivity contribution is -0.117. The second kappa shape index (κ2) is 5.42. The molecule has 0 saturated heterocycles. The highest BCUT2D eigenvalue weighted by molar-refractivity contribution is 6.18. The van der Waals surface area contributed by atoms with E-state index in [0.29, 0.717) is 22.7 Å². The summed E-state index contributed by atoms with van der Waals surface area (Å²) in [4.78, 5) is 24.8. The molecule has 2 aromatic rings. The molecule has 0 saturated carbocycles. The average Bonchev–Trinajstić information content (AvgIpc) is 2.97. The van der Waals surface area contributed by atoms with Crippen molar-refractivity contribution in [2.24, 2.45) is 0 Å². The Balaban J connectivity index is 1.82. The number of carbonyl (C=O) groups excluding carboxylic acids is 1. The van der Waals surface area contributed by atoms with Crippen LogP contribution in [0.15, 0.2) is 42.5 Å². The Labute approximate surface area is 137 Å². The lowest BCUT2D eigenvalue weighted by Gasteiger charge is -2.17. The largest absolute Gasteiger partial charge is 0.464 e. The first-order chi connectivity index (χ1) is 11.6. The molecule has 0 spiro atoms. The third-order valence-corrected chi connectivity index (χ3v) is 4.03. The zero-order valence-corrected chi connectivity index (χ0v) is 12.6. The van der Waals surface area contributed by atoms with Gasteiger partial charge in [-0.1, -0.05) is 24.3 Å². The van der Waals surface area contributed by atoms with Crippen molar-refractivity contribution in [3.63, 3.8) is 0 Å². The number of amides is 2. The first-order valence-electron chi connectivity index (χ1n) is 7.39. The van der Waals surface area contributed by atoms with E-state index in [1.165, 1.54) is 0 Å². The number of benzene rings is 2. The predicted octanol–water partition coefficient (Wildman–Crippen LogP) is 3.37. The molecule has 0 aliphatic carbocycles. The molecule has 0 radical (unpaired) electrons. The summed E-state index contributed by atoms with van der Waals surface area (Å²) in [5.74, 6) is 0.789. The van der Waals surface area contributed by atoms with Crippen LogP contribution in [-0.2, 0) is 4.79 Å². The molecule has 0 bridgehead atoms. The minimum atomic E-state index is -1.28. The maximum Gasteiger partial charge on any atom is 0.418 e. The Bertz CT molecular complexity index is 887. The van der Waals surface area contributed by atoms with Crippen LogP contribution in [-0.4, -0.2) is 23.9 Å². The number of imide groups is 1. The van der Waals surface area contributed by atoms with Gasteiger partial charge in [-0.3, -0.25) is 4.79 Å². The Hall–Kier alpha value is -3.28. The second-order valence-electron chi connectivity index (χ2n) is 5.48. The van der Waals surface area contributed by atoms with Gasteiger partial charge < -0.3 is 14.6 Å². The fourth-order valence-electron chi connectivity index (χ4n) is 2.92. The summed E-state index contributed by atoms with van der Waals surface area (Å²) in [7, 11) is 0. The van der Waals surface area contributed by atoms with Crippen molar-refractivity contribution in [3.05, 3.63) is 53.6 Å². The van der Waals surface area contributed by atoms with Crippen molar-refractivity contribution in [3.8, 4) is 11.5 Å². The van der Waals surface area contributed by atoms with E-state index in [1.54, 1.807) is 30.3 Å². The molecule has 1 N–H and O–H groups in total. The number of carboxylic acid groups (broad SMARTS) is 1. The van der Waals surface area contributed by atoms with Crippen molar-refractivity contribution < 1.29 is 24.2 Å². The van der Waals surface area contributed by atoms with Gasteiger partial charge in [0.15, 0.2) is 11.5 Å². The van der Waals surface area contributed by atoms with Crippen LogP contribution < -0.4 is 14.4 Å². The Kier molecular flexibility index (Phi) is 3.23. The lowest BCUT2D eigenvalue weighted by Crippen LogP contribution is -2.35. The van der Waals surface area contributed by atoms with Gasteiger partial charge in [-0.2, -0.15) is 0 Å². The quantitative estimate of drug-likeness (QED) is 0.871. The number of nitrogens with zero attached hydrogens (tertiary/aromatic N) is 1. The van der Waals surface area contributed by atoms with Crippen LogP contribution in [0.25, 0.3) is 11.6 Å². The van der Waals surface area contributed by atoms with Crippen molar-refractivity contribution in [1.82, 2.24) is 0 Å². The van der Waals surface area contributed by atoms with Gasteiger partial charge in [0.2, 0.25) is 12.7 Å². The molecular formula is C18H13NO5. The average molecular weight is 323 g/mol. The smallest absolute Gasteiger partial charge is 0.418 e. The van der Waals surface area contributed by atoms with Gasteiger partial charge in [0.05, 0.1) is 12.1 Å². The molecule has 6 heteroatoms. The molecule has 0 atom stereocenters. The fraction of sp³-hybridized carbons (Fsp3) is 0.111. The maximum atomic E-state index is 12.5. The maximum absolute atomic E-state index is 12.5. The molecule has 2 aromatic carbocycles. The van der Waals surface area contributed by atoms with Crippen LogP contribution in [0.4, 0.5) is 10.5 Å². The summed E-state index contributed by atoms with van der Waals surface area (Å²) in [5, 5.41) is 9.41. The van der Waals surface area contributed by atoms with Gasteiger partial charge in [-0.25, -0.2) is 9.69 Å². The Morgan fingerprint density at radius 1 is 1.08 bits per heavy atom. The molecular weight excluding hydrogens is 310 g/mol.